The van der Waals surface area contributed by atoms with Crippen LogP contribution in [0, 0.1) is 6.92 Å². The molecule has 4 heteroatoms. The first-order valence-electron chi connectivity index (χ1n) is 5.91. The maximum absolute atomic E-state index is 6.05. The molecule has 0 aromatic carbocycles. The minimum Gasteiger partial charge on any atom is -0.341 e. The molecule has 1 fully saturated rings. The number of aryl methyl sites for hydroxylation is 1. The fourth-order valence-corrected chi connectivity index (χ4v) is 2.32. The molecule has 0 aliphatic carbocycles. The standard InChI is InChI=1S/C12H18ClN3/c1-9(13)11-8-14-12(15-10(11)2)16-6-4-3-5-7-16/h8-9H,3-7H2,1-2H3. The van der Waals surface area contributed by atoms with Gasteiger partial charge in [0.2, 0.25) is 5.95 Å². The van der Waals surface area contributed by atoms with E-state index in [1.165, 1.54) is 19.3 Å². The van der Waals surface area contributed by atoms with Gasteiger partial charge in [-0.2, -0.15) is 0 Å². The van der Waals surface area contributed by atoms with Crippen LogP contribution >= 0.6 is 11.6 Å². The minimum atomic E-state index is -0.0181. The number of anilines is 1. The summed E-state index contributed by atoms with van der Waals surface area (Å²) >= 11 is 6.05. The van der Waals surface area contributed by atoms with E-state index in [2.05, 4.69) is 14.9 Å². The summed E-state index contributed by atoms with van der Waals surface area (Å²) in [6.45, 7) is 6.11. The molecule has 2 heterocycles. The van der Waals surface area contributed by atoms with E-state index in [0.717, 1.165) is 30.3 Å². The van der Waals surface area contributed by atoms with Gasteiger partial charge in [0.05, 0.1) is 5.38 Å². The van der Waals surface area contributed by atoms with Crippen molar-refractivity contribution in [2.24, 2.45) is 0 Å². The molecule has 0 saturated carbocycles. The van der Waals surface area contributed by atoms with Crippen molar-refractivity contribution in [1.29, 1.82) is 0 Å². The molecule has 3 nitrogen and oxygen atoms in total. The van der Waals surface area contributed by atoms with E-state index < -0.39 is 0 Å². The summed E-state index contributed by atoms with van der Waals surface area (Å²) in [6.07, 6.45) is 5.68. The predicted octanol–water partition coefficient (Wildman–Crippen LogP) is 3.08. The molecule has 88 valence electrons. The maximum Gasteiger partial charge on any atom is 0.225 e. The van der Waals surface area contributed by atoms with Crippen LogP contribution in [0.4, 0.5) is 5.95 Å². The highest BCUT2D eigenvalue weighted by atomic mass is 35.5. The Bertz CT molecular complexity index is 359. The molecule has 1 aliphatic heterocycles. The number of nitrogens with zero attached hydrogens (tertiary/aromatic N) is 3. The van der Waals surface area contributed by atoms with Crippen molar-refractivity contribution in [3.05, 3.63) is 17.5 Å². The Balaban J connectivity index is 2.19. The smallest absolute Gasteiger partial charge is 0.225 e. The second-order valence-corrected chi connectivity index (χ2v) is 5.03. The van der Waals surface area contributed by atoms with Crippen LogP contribution in [-0.2, 0) is 0 Å². The lowest BCUT2D eigenvalue weighted by molar-refractivity contribution is 0.567. The Morgan fingerprint density at radius 3 is 2.56 bits per heavy atom. The molecule has 1 atom stereocenters. The fraction of sp³-hybridized carbons (Fsp3) is 0.667. The minimum absolute atomic E-state index is 0.0181. The van der Waals surface area contributed by atoms with E-state index in [0.29, 0.717) is 0 Å². The highest BCUT2D eigenvalue weighted by molar-refractivity contribution is 6.20. The summed E-state index contributed by atoms with van der Waals surface area (Å²) in [5.74, 6) is 0.860. The third-order valence-corrected chi connectivity index (χ3v) is 3.31. The lowest BCUT2D eigenvalue weighted by Gasteiger charge is -2.27. The molecule has 1 unspecified atom stereocenters. The van der Waals surface area contributed by atoms with Crippen LogP contribution in [0.15, 0.2) is 6.20 Å². The fourth-order valence-electron chi connectivity index (χ4n) is 2.10. The quantitative estimate of drug-likeness (QED) is 0.743. The Hall–Kier alpha value is -0.830. The predicted molar refractivity (Wildman–Crippen MR) is 67.1 cm³/mol. The first kappa shape index (κ1) is 11.6. The largest absolute Gasteiger partial charge is 0.341 e. The van der Waals surface area contributed by atoms with Crippen LogP contribution in [0.2, 0.25) is 0 Å². The van der Waals surface area contributed by atoms with Gasteiger partial charge in [0, 0.05) is 30.5 Å². The zero-order valence-electron chi connectivity index (χ0n) is 9.91. The molecule has 1 aliphatic rings. The van der Waals surface area contributed by atoms with E-state index in [1.54, 1.807) is 0 Å². The van der Waals surface area contributed by atoms with Crippen LogP contribution < -0.4 is 4.90 Å². The van der Waals surface area contributed by atoms with Crippen molar-refractivity contribution < 1.29 is 0 Å². The summed E-state index contributed by atoms with van der Waals surface area (Å²) < 4.78 is 0. The monoisotopic (exact) mass is 239 g/mol. The molecule has 0 spiro atoms. The average Bonchev–Trinajstić information content (AvgIpc) is 2.29. The van der Waals surface area contributed by atoms with Crippen molar-refractivity contribution in [2.75, 3.05) is 18.0 Å². The van der Waals surface area contributed by atoms with E-state index in [-0.39, 0.29) is 5.38 Å². The van der Waals surface area contributed by atoms with Crippen LogP contribution in [0.1, 0.15) is 42.8 Å². The van der Waals surface area contributed by atoms with Crippen molar-refractivity contribution in [1.82, 2.24) is 9.97 Å². The summed E-state index contributed by atoms with van der Waals surface area (Å²) in [5, 5.41) is -0.0181. The van der Waals surface area contributed by atoms with Crippen LogP contribution in [-0.4, -0.2) is 23.1 Å². The first-order chi connectivity index (χ1) is 7.68. The molecule has 0 bridgehead atoms. The van der Waals surface area contributed by atoms with Gasteiger partial charge in [-0.3, -0.25) is 0 Å². The van der Waals surface area contributed by atoms with E-state index in [4.69, 9.17) is 11.6 Å². The molecule has 1 saturated heterocycles. The van der Waals surface area contributed by atoms with Gasteiger partial charge in [-0.25, -0.2) is 9.97 Å². The SMILES string of the molecule is Cc1nc(N2CCCCC2)ncc1C(C)Cl. The highest BCUT2D eigenvalue weighted by Crippen LogP contribution is 2.23. The molecular formula is C12H18ClN3. The zero-order valence-corrected chi connectivity index (χ0v) is 10.7. The third-order valence-electron chi connectivity index (χ3n) is 3.07. The van der Waals surface area contributed by atoms with Gasteiger partial charge in [0.15, 0.2) is 0 Å². The number of alkyl halides is 1. The van der Waals surface area contributed by atoms with Gasteiger partial charge in [-0.05, 0) is 33.1 Å². The van der Waals surface area contributed by atoms with Crippen molar-refractivity contribution in [3.8, 4) is 0 Å². The van der Waals surface area contributed by atoms with Crippen molar-refractivity contribution in [3.63, 3.8) is 0 Å². The van der Waals surface area contributed by atoms with Gasteiger partial charge in [-0.1, -0.05) is 0 Å². The van der Waals surface area contributed by atoms with Gasteiger partial charge < -0.3 is 4.90 Å². The summed E-state index contributed by atoms with van der Waals surface area (Å²) in [7, 11) is 0. The number of hydrogen-bond acceptors (Lipinski definition) is 3. The van der Waals surface area contributed by atoms with Crippen molar-refractivity contribution in [2.45, 2.75) is 38.5 Å². The Morgan fingerprint density at radius 1 is 1.31 bits per heavy atom. The first-order valence-corrected chi connectivity index (χ1v) is 6.34. The van der Waals surface area contributed by atoms with Crippen LogP contribution in [0.5, 0.6) is 0 Å². The number of hydrogen-bond donors (Lipinski definition) is 0. The molecular weight excluding hydrogens is 222 g/mol. The Morgan fingerprint density at radius 2 is 2.00 bits per heavy atom. The van der Waals surface area contributed by atoms with Crippen LogP contribution in [0.25, 0.3) is 0 Å². The highest BCUT2D eigenvalue weighted by Gasteiger charge is 2.15. The van der Waals surface area contributed by atoms with Gasteiger partial charge in [0.1, 0.15) is 0 Å². The summed E-state index contributed by atoms with van der Waals surface area (Å²) in [4.78, 5) is 11.2. The number of rotatable bonds is 2. The third kappa shape index (κ3) is 2.46. The molecule has 1 aromatic heterocycles. The van der Waals surface area contributed by atoms with Crippen molar-refractivity contribution >= 4 is 17.5 Å². The second-order valence-electron chi connectivity index (χ2n) is 4.37. The Labute approximate surface area is 102 Å². The molecule has 0 N–H and O–H groups in total. The zero-order chi connectivity index (χ0) is 11.5. The maximum atomic E-state index is 6.05. The molecule has 16 heavy (non-hydrogen) atoms. The van der Waals surface area contributed by atoms with E-state index in [9.17, 15) is 0 Å². The second kappa shape index (κ2) is 5.00. The van der Waals surface area contributed by atoms with Crippen LogP contribution in [0.3, 0.4) is 0 Å². The normalized spacial score (nSPS) is 18.6. The van der Waals surface area contributed by atoms with Gasteiger partial charge in [-0.15, -0.1) is 11.6 Å². The summed E-state index contributed by atoms with van der Waals surface area (Å²) in [5.41, 5.74) is 2.03. The topological polar surface area (TPSA) is 29.0 Å². The average molecular weight is 240 g/mol. The summed E-state index contributed by atoms with van der Waals surface area (Å²) in [6, 6.07) is 0. The lowest BCUT2D eigenvalue weighted by Crippen LogP contribution is -2.31. The number of aromatic nitrogens is 2. The number of halogens is 1. The number of piperidine rings is 1. The molecule has 2 rings (SSSR count). The van der Waals surface area contributed by atoms with E-state index in [1.807, 2.05) is 20.0 Å². The molecule has 1 aromatic rings. The van der Waals surface area contributed by atoms with Gasteiger partial charge in [0.25, 0.3) is 0 Å². The van der Waals surface area contributed by atoms with E-state index >= 15 is 0 Å². The molecule has 0 amide bonds. The van der Waals surface area contributed by atoms with Gasteiger partial charge >= 0.3 is 0 Å². The lowest BCUT2D eigenvalue weighted by atomic mass is 10.1. The Kier molecular flexibility index (Phi) is 3.64. The molecule has 0 radical (unpaired) electrons.